The summed E-state index contributed by atoms with van der Waals surface area (Å²) in [5.74, 6) is 0.502. The first-order chi connectivity index (χ1) is 10.1. The molecule has 1 aliphatic rings. The summed E-state index contributed by atoms with van der Waals surface area (Å²) in [5.41, 5.74) is 6.90. The number of thiazole rings is 1. The number of nitrogens with two attached hydrogens (primary N) is 1. The summed E-state index contributed by atoms with van der Waals surface area (Å²) < 4.78 is 5.33. The molecule has 0 aromatic carbocycles. The van der Waals surface area contributed by atoms with Crippen LogP contribution in [0.1, 0.15) is 22.0 Å². The van der Waals surface area contributed by atoms with Crippen LogP contribution in [0.3, 0.4) is 0 Å². The highest BCUT2D eigenvalue weighted by molar-refractivity contribution is 14.0. The minimum atomic E-state index is 0. The second kappa shape index (κ2) is 10.3. The standard InChI is InChI=1S/C14H25N5OS.HI/c1-11-13(18-12(2)21-11)10-17-14(15)16-4-3-5-19-6-8-20-9-7-19;/h3-10H2,1-2H3,(H3,15,16,17);1H. The summed E-state index contributed by atoms with van der Waals surface area (Å²) in [7, 11) is 0. The van der Waals surface area contributed by atoms with E-state index >= 15 is 0 Å². The van der Waals surface area contributed by atoms with Crippen molar-refractivity contribution in [2.75, 3.05) is 39.4 Å². The quantitative estimate of drug-likeness (QED) is 0.304. The normalized spacial score (nSPS) is 16.4. The zero-order valence-corrected chi connectivity index (χ0v) is 16.4. The summed E-state index contributed by atoms with van der Waals surface area (Å²) in [6.45, 7) is 10.3. The van der Waals surface area contributed by atoms with Crippen LogP contribution in [0.5, 0.6) is 0 Å². The Balaban J connectivity index is 0.00000242. The Bertz CT molecular complexity index is 474. The Kier molecular flexibility index (Phi) is 9.22. The van der Waals surface area contributed by atoms with Gasteiger partial charge in [-0.05, 0) is 26.8 Å². The van der Waals surface area contributed by atoms with Gasteiger partial charge in [-0.1, -0.05) is 0 Å². The van der Waals surface area contributed by atoms with Crippen molar-refractivity contribution in [3.05, 3.63) is 15.6 Å². The molecule has 0 radical (unpaired) electrons. The van der Waals surface area contributed by atoms with Gasteiger partial charge in [0.2, 0.25) is 0 Å². The fourth-order valence-electron chi connectivity index (χ4n) is 2.28. The van der Waals surface area contributed by atoms with E-state index in [1.165, 1.54) is 4.88 Å². The minimum Gasteiger partial charge on any atom is -0.379 e. The molecule has 1 aromatic heterocycles. The molecule has 0 spiro atoms. The van der Waals surface area contributed by atoms with Gasteiger partial charge in [-0.3, -0.25) is 4.90 Å². The molecular weight excluding hydrogens is 413 g/mol. The van der Waals surface area contributed by atoms with Gasteiger partial charge < -0.3 is 15.8 Å². The van der Waals surface area contributed by atoms with Crippen LogP contribution in [-0.2, 0) is 11.3 Å². The van der Waals surface area contributed by atoms with Gasteiger partial charge in [0.15, 0.2) is 5.96 Å². The Morgan fingerprint density at radius 2 is 2.14 bits per heavy atom. The van der Waals surface area contributed by atoms with E-state index in [-0.39, 0.29) is 24.0 Å². The van der Waals surface area contributed by atoms with E-state index in [0.717, 1.165) is 56.5 Å². The Morgan fingerprint density at radius 1 is 1.41 bits per heavy atom. The summed E-state index contributed by atoms with van der Waals surface area (Å²) in [5, 5.41) is 4.24. The predicted molar refractivity (Wildman–Crippen MR) is 102 cm³/mol. The maximum Gasteiger partial charge on any atom is 0.188 e. The smallest absolute Gasteiger partial charge is 0.188 e. The first kappa shape index (κ1) is 19.6. The molecule has 126 valence electrons. The molecule has 1 aliphatic heterocycles. The van der Waals surface area contributed by atoms with Crippen molar-refractivity contribution in [2.24, 2.45) is 10.7 Å². The summed E-state index contributed by atoms with van der Waals surface area (Å²) in [4.78, 5) is 12.4. The molecular formula is C14H26IN5OS. The van der Waals surface area contributed by atoms with Gasteiger partial charge in [-0.25, -0.2) is 9.98 Å². The van der Waals surface area contributed by atoms with Crippen molar-refractivity contribution in [2.45, 2.75) is 26.8 Å². The lowest BCUT2D eigenvalue weighted by Crippen LogP contribution is -2.39. The Morgan fingerprint density at radius 3 is 2.77 bits per heavy atom. The van der Waals surface area contributed by atoms with E-state index in [0.29, 0.717) is 12.5 Å². The molecule has 3 N–H and O–H groups in total. The number of aromatic nitrogens is 1. The van der Waals surface area contributed by atoms with Crippen LogP contribution in [0, 0.1) is 13.8 Å². The molecule has 0 atom stereocenters. The molecule has 22 heavy (non-hydrogen) atoms. The molecule has 6 nitrogen and oxygen atoms in total. The molecule has 0 amide bonds. The van der Waals surface area contributed by atoms with Gasteiger partial charge in [-0.2, -0.15) is 0 Å². The van der Waals surface area contributed by atoms with Crippen molar-refractivity contribution in [3.63, 3.8) is 0 Å². The third-order valence-electron chi connectivity index (χ3n) is 3.46. The highest BCUT2D eigenvalue weighted by atomic mass is 127. The van der Waals surface area contributed by atoms with Crippen LogP contribution in [0.2, 0.25) is 0 Å². The van der Waals surface area contributed by atoms with Crippen LogP contribution >= 0.6 is 35.3 Å². The van der Waals surface area contributed by atoms with E-state index in [1.54, 1.807) is 11.3 Å². The molecule has 2 heterocycles. The van der Waals surface area contributed by atoms with Crippen molar-refractivity contribution in [1.82, 2.24) is 15.2 Å². The van der Waals surface area contributed by atoms with Crippen LogP contribution < -0.4 is 11.1 Å². The lowest BCUT2D eigenvalue weighted by atomic mass is 10.3. The molecule has 1 aromatic rings. The van der Waals surface area contributed by atoms with E-state index in [1.807, 2.05) is 6.92 Å². The maximum absolute atomic E-state index is 5.88. The summed E-state index contributed by atoms with van der Waals surface area (Å²) >= 11 is 1.70. The number of halogens is 1. The maximum atomic E-state index is 5.88. The third kappa shape index (κ3) is 6.76. The van der Waals surface area contributed by atoms with Gasteiger partial charge in [0.1, 0.15) is 0 Å². The molecule has 1 saturated heterocycles. The third-order valence-corrected chi connectivity index (χ3v) is 4.39. The lowest BCUT2D eigenvalue weighted by Gasteiger charge is -2.26. The van der Waals surface area contributed by atoms with Crippen molar-refractivity contribution in [1.29, 1.82) is 0 Å². The number of aryl methyl sites for hydroxylation is 2. The molecule has 0 unspecified atom stereocenters. The summed E-state index contributed by atoms with van der Waals surface area (Å²) in [6.07, 6.45) is 1.06. The van der Waals surface area contributed by atoms with Crippen LogP contribution in [0.15, 0.2) is 4.99 Å². The molecule has 0 bridgehead atoms. The number of rotatable bonds is 6. The fourth-order valence-corrected chi connectivity index (χ4v) is 3.11. The van der Waals surface area contributed by atoms with Gasteiger partial charge in [0, 0.05) is 24.5 Å². The second-order valence-corrected chi connectivity index (χ2v) is 6.58. The van der Waals surface area contributed by atoms with E-state index in [9.17, 15) is 0 Å². The van der Waals surface area contributed by atoms with Crippen LogP contribution in [-0.4, -0.2) is 55.2 Å². The highest BCUT2D eigenvalue weighted by Crippen LogP contribution is 2.16. The number of hydrogen-bond donors (Lipinski definition) is 2. The van der Waals surface area contributed by atoms with Crippen LogP contribution in [0.4, 0.5) is 0 Å². The van der Waals surface area contributed by atoms with E-state index in [4.69, 9.17) is 10.5 Å². The number of nitrogens with zero attached hydrogens (tertiary/aromatic N) is 3. The number of ether oxygens (including phenoxy) is 1. The molecule has 0 aliphatic carbocycles. The zero-order chi connectivity index (χ0) is 15.1. The molecule has 0 saturated carbocycles. The van der Waals surface area contributed by atoms with E-state index in [2.05, 4.69) is 27.1 Å². The van der Waals surface area contributed by atoms with Crippen molar-refractivity contribution in [3.8, 4) is 0 Å². The SMILES string of the molecule is Cc1nc(CN=C(N)NCCCN2CCOCC2)c(C)s1.I. The first-order valence-electron chi connectivity index (χ1n) is 7.42. The largest absolute Gasteiger partial charge is 0.379 e. The molecule has 8 heteroatoms. The predicted octanol–water partition coefficient (Wildman–Crippen LogP) is 1.50. The van der Waals surface area contributed by atoms with Gasteiger partial charge in [-0.15, -0.1) is 35.3 Å². The highest BCUT2D eigenvalue weighted by Gasteiger charge is 2.09. The topological polar surface area (TPSA) is 75.8 Å². The average molecular weight is 439 g/mol. The first-order valence-corrected chi connectivity index (χ1v) is 8.23. The van der Waals surface area contributed by atoms with Gasteiger partial charge >= 0.3 is 0 Å². The average Bonchev–Trinajstić information content (AvgIpc) is 2.80. The molecule has 1 fully saturated rings. The zero-order valence-electron chi connectivity index (χ0n) is 13.3. The Hall–Kier alpha value is -0.450. The fraction of sp³-hybridized carbons (Fsp3) is 0.714. The monoisotopic (exact) mass is 439 g/mol. The number of hydrogen-bond acceptors (Lipinski definition) is 5. The number of guanidine groups is 1. The lowest BCUT2D eigenvalue weighted by molar-refractivity contribution is 0.0376. The number of aliphatic imine (C=N–C) groups is 1. The minimum absolute atomic E-state index is 0. The second-order valence-electron chi connectivity index (χ2n) is 5.17. The van der Waals surface area contributed by atoms with E-state index < -0.39 is 0 Å². The van der Waals surface area contributed by atoms with Gasteiger partial charge in [0.25, 0.3) is 0 Å². The molecule has 2 rings (SSSR count). The van der Waals surface area contributed by atoms with Crippen molar-refractivity contribution < 1.29 is 4.74 Å². The summed E-state index contributed by atoms with van der Waals surface area (Å²) in [6, 6.07) is 0. The number of morpholine rings is 1. The van der Waals surface area contributed by atoms with Crippen molar-refractivity contribution >= 4 is 41.3 Å². The Labute approximate surface area is 153 Å². The number of nitrogens with one attached hydrogen (secondary N) is 1. The van der Waals surface area contributed by atoms with Crippen LogP contribution in [0.25, 0.3) is 0 Å². The van der Waals surface area contributed by atoms with Gasteiger partial charge in [0.05, 0.1) is 30.5 Å².